The van der Waals surface area contributed by atoms with E-state index < -0.39 is 0 Å². The number of allylic oxidation sites excluding steroid dienone is 1. The Hall–Kier alpha value is 0.0900. The van der Waals surface area contributed by atoms with Crippen molar-refractivity contribution in [1.82, 2.24) is 0 Å². The first-order valence-electron chi connectivity index (χ1n) is 2.56. The van der Waals surface area contributed by atoms with E-state index >= 15 is 0 Å². The van der Waals surface area contributed by atoms with Crippen molar-refractivity contribution in [2.24, 2.45) is 0 Å². The Kier molecular flexibility index (Phi) is 4.31. The Morgan fingerprint density at radius 2 is 2.29 bits per heavy atom. The van der Waals surface area contributed by atoms with Gasteiger partial charge in [-0.25, -0.2) is 0 Å². The summed E-state index contributed by atoms with van der Waals surface area (Å²) in [6, 6.07) is 0. The van der Waals surface area contributed by atoms with Crippen molar-refractivity contribution < 1.29 is 0 Å². The van der Waals surface area contributed by atoms with Crippen LogP contribution in [-0.2, 0) is 0 Å². The number of hydrogen-bond donors (Lipinski definition) is 0. The molecule has 0 N–H and O–H groups in total. The molecule has 0 aromatic rings. The van der Waals surface area contributed by atoms with Gasteiger partial charge in [-0.2, -0.15) is 0 Å². The first-order chi connectivity index (χ1) is 3.31. The third kappa shape index (κ3) is 3.93. The normalized spacial score (nSPS) is 8.86. The maximum Gasteiger partial charge on any atom is 0.00741 e. The van der Waals surface area contributed by atoms with Crippen LogP contribution in [0.3, 0.4) is 0 Å². The van der Waals surface area contributed by atoms with E-state index in [0.717, 1.165) is 18.6 Å². The van der Waals surface area contributed by atoms with E-state index in [1.165, 1.54) is 5.57 Å². The highest BCUT2D eigenvalue weighted by Gasteiger charge is 1.84. The molecular weight excluding hydrogens is 104 g/mol. The summed E-state index contributed by atoms with van der Waals surface area (Å²) in [7, 11) is 0. The van der Waals surface area contributed by atoms with Crippen LogP contribution in [0.5, 0.6) is 0 Å². The van der Waals surface area contributed by atoms with Gasteiger partial charge in [-0.3, -0.25) is 0 Å². The maximum atomic E-state index is 4.73. The summed E-state index contributed by atoms with van der Waals surface area (Å²) in [6.45, 7) is 5.90. The van der Waals surface area contributed by atoms with Crippen LogP contribution in [0.25, 0.3) is 0 Å². The van der Waals surface area contributed by atoms with E-state index in [1.807, 2.05) is 0 Å². The van der Waals surface area contributed by atoms with Crippen LogP contribution in [0, 0.1) is 0 Å². The van der Waals surface area contributed by atoms with Gasteiger partial charge >= 0.3 is 0 Å². The van der Waals surface area contributed by atoms with Crippen LogP contribution >= 0.6 is 12.6 Å². The fourth-order valence-corrected chi connectivity index (χ4v) is 0.610. The molecule has 0 unspecified atom stereocenters. The number of rotatable bonds is 3. The van der Waals surface area contributed by atoms with Gasteiger partial charge in [0, 0.05) is 5.75 Å². The van der Waals surface area contributed by atoms with Gasteiger partial charge in [-0.1, -0.05) is 31.7 Å². The third-order valence-corrected chi connectivity index (χ3v) is 1.16. The molecule has 0 atom stereocenters. The van der Waals surface area contributed by atoms with Crippen LogP contribution in [-0.4, -0.2) is 5.75 Å². The van der Waals surface area contributed by atoms with Gasteiger partial charge in [-0.15, -0.1) is 0 Å². The lowest BCUT2D eigenvalue weighted by Gasteiger charge is -1.93. The van der Waals surface area contributed by atoms with Crippen molar-refractivity contribution in [2.45, 2.75) is 19.8 Å². The van der Waals surface area contributed by atoms with Gasteiger partial charge in [-0.05, 0) is 12.8 Å². The second kappa shape index (κ2) is 4.25. The molecule has 0 spiro atoms. The molecule has 0 aliphatic carbocycles. The molecule has 0 nitrogen and oxygen atoms in total. The van der Waals surface area contributed by atoms with Crippen molar-refractivity contribution in [3.05, 3.63) is 12.2 Å². The standard InChI is InChI=1S/C6H11S/c1-3-6(2)4-5-7/h2-5H2,1H3. The van der Waals surface area contributed by atoms with Crippen molar-refractivity contribution in [3.63, 3.8) is 0 Å². The molecule has 0 aliphatic heterocycles. The van der Waals surface area contributed by atoms with E-state index in [2.05, 4.69) is 13.5 Å². The Labute approximate surface area is 51.0 Å². The molecule has 1 radical (unpaired) electrons. The molecule has 0 heterocycles. The molecule has 41 valence electrons. The van der Waals surface area contributed by atoms with E-state index in [4.69, 9.17) is 12.6 Å². The van der Waals surface area contributed by atoms with Crippen LogP contribution in [0.4, 0.5) is 0 Å². The van der Waals surface area contributed by atoms with E-state index in [9.17, 15) is 0 Å². The average molecular weight is 115 g/mol. The van der Waals surface area contributed by atoms with E-state index in [-0.39, 0.29) is 0 Å². The monoisotopic (exact) mass is 115 g/mol. The van der Waals surface area contributed by atoms with Crippen molar-refractivity contribution in [2.75, 3.05) is 5.75 Å². The van der Waals surface area contributed by atoms with Gasteiger partial charge in [0.25, 0.3) is 0 Å². The molecule has 0 aliphatic rings. The smallest absolute Gasteiger partial charge is 0.00741 e. The Balaban J connectivity index is 3.00. The quantitative estimate of drug-likeness (QED) is 0.496. The van der Waals surface area contributed by atoms with Crippen LogP contribution in [0.2, 0.25) is 0 Å². The first kappa shape index (κ1) is 7.09. The zero-order chi connectivity index (χ0) is 5.70. The molecule has 0 aromatic carbocycles. The highest BCUT2D eigenvalue weighted by molar-refractivity contribution is 7.80. The molecule has 0 saturated heterocycles. The predicted molar refractivity (Wildman–Crippen MR) is 36.5 cm³/mol. The fraction of sp³-hybridized carbons (Fsp3) is 0.667. The van der Waals surface area contributed by atoms with Gasteiger partial charge in [0.1, 0.15) is 0 Å². The Morgan fingerprint density at radius 1 is 1.71 bits per heavy atom. The minimum absolute atomic E-state index is 0.826. The largest absolute Gasteiger partial charge is 0.0998 e. The van der Waals surface area contributed by atoms with Crippen LogP contribution in [0.15, 0.2) is 12.2 Å². The van der Waals surface area contributed by atoms with Gasteiger partial charge in [0.15, 0.2) is 0 Å². The van der Waals surface area contributed by atoms with Crippen LogP contribution in [0.1, 0.15) is 19.8 Å². The topological polar surface area (TPSA) is 0 Å². The lowest BCUT2D eigenvalue weighted by Crippen LogP contribution is -1.77. The summed E-state index contributed by atoms with van der Waals surface area (Å²) in [4.78, 5) is 0. The summed E-state index contributed by atoms with van der Waals surface area (Å²) in [6.07, 6.45) is 2.10. The second-order valence-corrected chi connectivity index (χ2v) is 1.97. The molecule has 0 bridgehead atoms. The summed E-state index contributed by atoms with van der Waals surface area (Å²) in [5.41, 5.74) is 1.27. The average Bonchev–Trinajstić information content (AvgIpc) is 1.68. The van der Waals surface area contributed by atoms with Crippen LogP contribution < -0.4 is 0 Å². The minimum atomic E-state index is 0.826. The highest BCUT2D eigenvalue weighted by atomic mass is 32.1. The Morgan fingerprint density at radius 3 is 2.43 bits per heavy atom. The lowest BCUT2D eigenvalue weighted by atomic mass is 10.2. The minimum Gasteiger partial charge on any atom is -0.0998 e. The zero-order valence-electron chi connectivity index (χ0n) is 4.74. The number of hydrogen-bond acceptors (Lipinski definition) is 0. The van der Waals surface area contributed by atoms with Gasteiger partial charge in [0.2, 0.25) is 0 Å². The van der Waals surface area contributed by atoms with Crippen molar-refractivity contribution >= 4 is 12.6 Å². The highest BCUT2D eigenvalue weighted by Crippen LogP contribution is 2.02. The predicted octanol–water partition coefficient (Wildman–Crippen LogP) is 2.54. The van der Waals surface area contributed by atoms with Crippen molar-refractivity contribution in [1.29, 1.82) is 0 Å². The molecule has 0 amide bonds. The Bertz CT molecular complexity index is 57.2. The van der Waals surface area contributed by atoms with E-state index in [1.54, 1.807) is 0 Å². The SMILES string of the molecule is C=C(CC)CC[S]. The third-order valence-electron chi connectivity index (χ3n) is 0.956. The molecular formula is C6H11S. The van der Waals surface area contributed by atoms with Gasteiger partial charge < -0.3 is 0 Å². The van der Waals surface area contributed by atoms with E-state index in [0.29, 0.717) is 0 Å². The summed E-state index contributed by atoms with van der Waals surface area (Å²) in [5.74, 6) is 0.826. The van der Waals surface area contributed by atoms with Gasteiger partial charge in [0.05, 0.1) is 0 Å². The molecule has 7 heavy (non-hydrogen) atoms. The second-order valence-electron chi connectivity index (χ2n) is 1.56. The summed E-state index contributed by atoms with van der Waals surface area (Å²) in [5, 5.41) is 0. The molecule has 0 fully saturated rings. The maximum absolute atomic E-state index is 4.73. The van der Waals surface area contributed by atoms with Crippen molar-refractivity contribution in [3.8, 4) is 0 Å². The molecule has 0 saturated carbocycles. The summed E-state index contributed by atoms with van der Waals surface area (Å²) < 4.78 is 0. The summed E-state index contributed by atoms with van der Waals surface area (Å²) >= 11 is 4.73. The lowest BCUT2D eigenvalue weighted by molar-refractivity contribution is 0.997. The molecule has 0 aromatic heterocycles. The zero-order valence-corrected chi connectivity index (χ0v) is 5.55. The first-order valence-corrected chi connectivity index (χ1v) is 3.13. The molecule has 1 heteroatoms. The molecule has 0 rings (SSSR count). The fourth-order valence-electron chi connectivity index (χ4n) is 0.321.